The van der Waals surface area contributed by atoms with Crippen LogP contribution < -0.4 is 5.32 Å². The molecule has 1 heterocycles. The first-order valence-electron chi connectivity index (χ1n) is 6.45. The number of aromatic hydroxyl groups is 1. The minimum Gasteiger partial charge on any atom is -0.507 e. The number of aryl methyl sites for hydroxylation is 1. The second-order valence-corrected chi connectivity index (χ2v) is 4.71. The number of benzene rings is 1. The Hall–Kier alpha value is -2.57. The minimum atomic E-state index is -0.786. The van der Waals surface area contributed by atoms with Crippen LogP contribution >= 0.6 is 0 Å². The summed E-state index contributed by atoms with van der Waals surface area (Å²) in [6.45, 7) is 1.35. The normalized spacial score (nSPS) is 14.5. The van der Waals surface area contributed by atoms with E-state index in [-0.39, 0.29) is 36.0 Å². The number of nitrogens with one attached hydrogen (secondary N) is 1. The molecule has 0 radical (unpaired) electrons. The molecule has 2 rings (SSSR count). The fraction of sp³-hybridized carbons (Fsp3) is 0.357. The molecule has 1 aliphatic rings. The van der Waals surface area contributed by atoms with Gasteiger partial charge in [0, 0.05) is 31.6 Å². The van der Waals surface area contributed by atoms with Crippen LogP contribution in [0.25, 0.3) is 0 Å². The molecule has 1 fully saturated rings. The first-order valence-corrected chi connectivity index (χ1v) is 6.45. The SMILES string of the molecule is CNc1cc(O)c(C(=O)OCN2C(=O)CCC2=O)cc1C. The van der Waals surface area contributed by atoms with Gasteiger partial charge in [0.05, 0.1) is 0 Å². The lowest BCUT2D eigenvalue weighted by Gasteiger charge is -2.15. The monoisotopic (exact) mass is 292 g/mol. The first kappa shape index (κ1) is 14.8. The van der Waals surface area contributed by atoms with Gasteiger partial charge >= 0.3 is 5.97 Å². The highest BCUT2D eigenvalue weighted by Crippen LogP contribution is 2.26. The third kappa shape index (κ3) is 2.96. The van der Waals surface area contributed by atoms with Crippen molar-refractivity contribution in [1.82, 2.24) is 4.90 Å². The smallest absolute Gasteiger partial charge is 0.343 e. The molecule has 0 spiro atoms. The van der Waals surface area contributed by atoms with E-state index in [4.69, 9.17) is 4.74 Å². The highest BCUT2D eigenvalue weighted by atomic mass is 16.5. The van der Waals surface area contributed by atoms with Crippen LogP contribution in [-0.2, 0) is 14.3 Å². The Bertz CT molecular complexity index is 596. The third-order valence-corrected chi connectivity index (χ3v) is 3.31. The maximum absolute atomic E-state index is 11.9. The van der Waals surface area contributed by atoms with E-state index in [2.05, 4.69) is 5.32 Å². The number of rotatable bonds is 4. The molecule has 1 aliphatic heterocycles. The van der Waals surface area contributed by atoms with Gasteiger partial charge in [-0.15, -0.1) is 0 Å². The van der Waals surface area contributed by atoms with E-state index < -0.39 is 12.7 Å². The number of hydrogen-bond donors (Lipinski definition) is 2. The van der Waals surface area contributed by atoms with Crippen molar-refractivity contribution < 1.29 is 24.2 Å². The number of hydrogen-bond acceptors (Lipinski definition) is 6. The summed E-state index contributed by atoms with van der Waals surface area (Å²) in [6, 6.07) is 2.90. The number of phenols is 1. The molecule has 1 aromatic carbocycles. The minimum absolute atomic E-state index is 0.00871. The molecule has 7 heteroatoms. The number of anilines is 1. The number of nitrogens with zero attached hydrogens (tertiary/aromatic N) is 1. The van der Waals surface area contributed by atoms with Crippen LogP contribution in [0.1, 0.15) is 28.8 Å². The third-order valence-electron chi connectivity index (χ3n) is 3.31. The second kappa shape index (κ2) is 5.82. The largest absolute Gasteiger partial charge is 0.507 e. The zero-order valence-corrected chi connectivity index (χ0v) is 11.8. The van der Waals surface area contributed by atoms with Crippen molar-refractivity contribution in [2.75, 3.05) is 19.1 Å². The molecular formula is C14H16N2O5. The van der Waals surface area contributed by atoms with Gasteiger partial charge in [-0.2, -0.15) is 0 Å². The Morgan fingerprint density at radius 1 is 1.33 bits per heavy atom. The number of likely N-dealkylation sites (tertiary alicyclic amines) is 1. The number of carbonyl (C=O) groups is 3. The van der Waals surface area contributed by atoms with Gasteiger partial charge in [0.2, 0.25) is 11.8 Å². The predicted molar refractivity (Wildman–Crippen MR) is 73.8 cm³/mol. The summed E-state index contributed by atoms with van der Waals surface area (Å²) in [7, 11) is 1.70. The Morgan fingerprint density at radius 2 is 1.95 bits per heavy atom. The van der Waals surface area contributed by atoms with E-state index in [9.17, 15) is 19.5 Å². The van der Waals surface area contributed by atoms with E-state index in [0.717, 1.165) is 10.5 Å². The maximum atomic E-state index is 11.9. The summed E-state index contributed by atoms with van der Waals surface area (Å²) in [4.78, 5) is 35.6. The fourth-order valence-electron chi connectivity index (χ4n) is 2.10. The quantitative estimate of drug-likeness (QED) is 0.635. The van der Waals surface area contributed by atoms with Gasteiger partial charge in [-0.25, -0.2) is 9.69 Å². The average molecular weight is 292 g/mol. The van der Waals surface area contributed by atoms with Crippen LogP contribution in [0.2, 0.25) is 0 Å². The first-order chi connectivity index (χ1) is 9.93. The molecule has 0 bridgehead atoms. The van der Waals surface area contributed by atoms with E-state index in [0.29, 0.717) is 5.69 Å². The van der Waals surface area contributed by atoms with Crippen LogP contribution in [0, 0.1) is 6.92 Å². The van der Waals surface area contributed by atoms with Crippen LogP contribution in [-0.4, -0.2) is 41.6 Å². The number of amides is 2. The van der Waals surface area contributed by atoms with E-state index >= 15 is 0 Å². The average Bonchev–Trinajstić information content (AvgIpc) is 2.77. The molecule has 0 aromatic heterocycles. The molecule has 0 unspecified atom stereocenters. The van der Waals surface area contributed by atoms with Crippen molar-refractivity contribution in [3.63, 3.8) is 0 Å². The van der Waals surface area contributed by atoms with Gasteiger partial charge in [0.25, 0.3) is 0 Å². The van der Waals surface area contributed by atoms with Crippen molar-refractivity contribution in [2.24, 2.45) is 0 Å². The van der Waals surface area contributed by atoms with Crippen LogP contribution in [0.4, 0.5) is 5.69 Å². The summed E-state index contributed by atoms with van der Waals surface area (Å²) in [5.74, 6) is -1.74. The summed E-state index contributed by atoms with van der Waals surface area (Å²) in [5.41, 5.74) is 1.44. The van der Waals surface area contributed by atoms with Gasteiger partial charge in [0.15, 0.2) is 6.73 Å². The molecule has 1 aromatic rings. The maximum Gasteiger partial charge on any atom is 0.343 e. The zero-order chi connectivity index (χ0) is 15.6. The van der Waals surface area contributed by atoms with Gasteiger partial charge in [-0.05, 0) is 18.6 Å². The zero-order valence-electron chi connectivity index (χ0n) is 11.8. The number of ether oxygens (including phenoxy) is 1. The lowest BCUT2D eigenvalue weighted by Crippen LogP contribution is -2.32. The molecule has 1 saturated heterocycles. The summed E-state index contributed by atoms with van der Waals surface area (Å²) in [5, 5.41) is 12.7. The molecule has 2 N–H and O–H groups in total. The topological polar surface area (TPSA) is 95.9 Å². The molecule has 21 heavy (non-hydrogen) atoms. The lowest BCUT2D eigenvalue weighted by atomic mass is 10.1. The van der Waals surface area contributed by atoms with Crippen molar-refractivity contribution >= 4 is 23.5 Å². The van der Waals surface area contributed by atoms with Gasteiger partial charge in [0.1, 0.15) is 11.3 Å². The van der Waals surface area contributed by atoms with Crippen LogP contribution in [0.15, 0.2) is 12.1 Å². The summed E-state index contributed by atoms with van der Waals surface area (Å²) < 4.78 is 4.93. The van der Waals surface area contributed by atoms with Crippen molar-refractivity contribution in [2.45, 2.75) is 19.8 Å². The molecule has 0 saturated carbocycles. The summed E-state index contributed by atoms with van der Waals surface area (Å²) in [6.07, 6.45) is 0.273. The van der Waals surface area contributed by atoms with Gasteiger partial charge in [-0.3, -0.25) is 9.59 Å². The predicted octanol–water partition coefficient (Wildman–Crippen LogP) is 1.01. The standard InChI is InChI=1S/C14H16N2O5/c1-8-5-9(11(17)6-10(8)15-2)14(20)21-7-16-12(18)3-4-13(16)19/h5-6,15,17H,3-4,7H2,1-2H3. The van der Waals surface area contributed by atoms with Crippen molar-refractivity contribution in [3.05, 3.63) is 23.3 Å². The van der Waals surface area contributed by atoms with E-state index in [1.807, 2.05) is 0 Å². The van der Waals surface area contributed by atoms with Crippen LogP contribution in [0.3, 0.4) is 0 Å². The molecule has 0 atom stereocenters. The van der Waals surface area contributed by atoms with E-state index in [1.165, 1.54) is 12.1 Å². The Morgan fingerprint density at radius 3 is 2.52 bits per heavy atom. The highest BCUT2D eigenvalue weighted by Gasteiger charge is 2.30. The Kier molecular flexibility index (Phi) is 4.11. The Balaban J connectivity index is 2.09. The van der Waals surface area contributed by atoms with Gasteiger partial charge < -0.3 is 15.2 Å². The fourth-order valence-corrected chi connectivity index (χ4v) is 2.10. The lowest BCUT2D eigenvalue weighted by molar-refractivity contribution is -0.142. The molecule has 2 amide bonds. The molecular weight excluding hydrogens is 276 g/mol. The second-order valence-electron chi connectivity index (χ2n) is 4.71. The molecule has 7 nitrogen and oxygen atoms in total. The number of phenolic OH excluding ortho intramolecular Hbond substituents is 1. The van der Waals surface area contributed by atoms with Crippen molar-refractivity contribution in [1.29, 1.82) is 0 Å². The number of imide groups is 1. The number of carbonyl (C=O) groups excluding carboxylic acids is 3. The molecule has 112 valence electrons. The highest BCUT2D eigenvalue weighted by molar-refractivity contribution is 6.02. The van der Waals surface area contributed by atoms with Crippen molar-refractivity contribution in [3.8, 4) is 5.75 Å². The van der Waals surface area contributed by atoms with E-state index in [1.54, 1.807) is 14.0 Å². The molecule has 0 aliphatic carbocycles. The summed E-state index contributed by atoms with van der Waals surface area (Å²) >= 11 is 0. The number of esters is 1. The van der Waals surface area contributed by atoms with Gasteiger partial charge in [-0.1, -0.05) is 0 Å². The Labute approximate surface area is 121 Å². The van der Waals surface area contributed by atoms with Crippen LogP contribution in [0.5, 0.6) is 5.75 Å².